The van der Waals surface area contributed by atoms with Gasteiger partial charge in [0.05, 0.1) is 25.0 Å². The van der Waals surface area contributed by atoms with E-state index < -0.39 is 29.6 Å². The number of fused-ring (bicyclic) bond motifs is 1. The van der Waals surface area contributed by atoms with Crippen LogP contribution in [0.1, 0.15) is 38.7 Å². The number of rotatable bonds is 8. The molecule has 8 unspecified atom stereocenters. The lowest BCUT2D eigenvalue weighted by Gasteiger charge is -2.38. The van der Waals surface area contributed by atoms with Crippen molar-refractivity contribution in [2.75, 3.05) is 19.0 Å². The summed E-state index contributed by atoms with van der Waals surface area (Å²) in [4.78, 5) is 43.7. The van der Waals surface area contributed by atoms with Gasteiger partial charge in [0.25, 0.3) is 0 Å². The van der Waals surface area contributed by atoms with Crippen molar-refractivity contribution in [2.24, 2.45) is 23.7 Å². The molecule has 4 aliphatic rings. The van der Waals surface area contributed by atoms with Crippen molar-refractivity contribution in [1.29, 1.82) is 0 Å². The molecule has 0 radical (unpaired) electrons. The quantitative estimate of drug-likeness (QED) is 0.479. The predicted molar refractivity (Wildman–Crippen MR) is 155 cm³/mol. The second kappa shape index (κ2) is 11.0. The average molecular weight is 558 g/mol. The van der Waals surface area contributed by atoms with E-state index in [0.717, 1.165) is 24.8 Å². The number of likely N-dealkylation sites (tertiary alicyclic amines) is 1. The summed E-state index contributed by atoms with van der Waals surface area (Å²) < 4.78 is 11.7. The third-order valence-corrected chi connectivity index (χ3v) is 9.80. The lowest BCUT2D eigenvalue weighted by Crippen LogP contribution is -2.58. The van der Waals surface area contributed by atoms with E-state index in [1.807, 2.05) is 42.5 Å². The van der Waals surface area contributed by atoms with Gasteiger partial charge in [-0.2, -0.15) is 0 Å². The number of nitrogens with zero attached hydrogens (tertiary/aromatic N) is 1. The fourth-order valence-corrected chi connectivity index (χ4v) is 7.35. The summed E-state index contributed by atoms with van der Waals surface area (Å²) in [6, 6.07) is 16.2. The van der Waals surface area contributed by atoms with Crippen molar-refractivity contribution in [1.82, 2.24) is 10.2 Å². The summed E-state index contributed by atoms with van der Waals surface area (Å²) in [6.45, 7) is 4.80. The summed E-state index contributed by atoms with van der Waals surface area (Å²) in [6.07, 6.45) is 6.91. The first-order chi connectivity index (χ1) is 19.8. The molecule has 6 rings (SSSR count). The first-order valence-electron chi connectivity index (χ1n) is 14.8. The van der Waals surface area contributed by atoms with Crippen LogP contribution in [-0.2, 0) is 25.5 Å². The minimum atomic E-state index is -1.17. The number of carbonyl (C=O) groups is 3. The van der Waals surface area contributed by atoms with E-state index >= 15 is 0 Å². The van der Waals surface area contributed by atoms with E-state index in [9.17, 15) is 14.4 Å². The monoisotopic (exact) mass is 557 g/mol. The maximum absolute atomic E-state index is 14.2. The van der Waals surface area contributed by atoms with Crippen molar-refractivity contribution in [3.63, 3.8) is 0 Å². The first-order valence-corrected chi connectivity index (χ1v) is 14.8. The van der Waals surface area contributed by atoms with Crippen LogP contribution in [0.25, 0.3) is 0 Å². The molecule has 8 atom stereocenters. The number of anilines is 1. The number of hydrogen-bond donors (Lipinski definition) is 2. The van der Waals surface area contributed by atoms with Gasteiger partial charge in [-0.3, -0.25) is 14.4 Å². The van der Waals surface area contributed by atoms with Gasteiger partial charge in [-0.15, -0.1) is 0 Å². The largest absolute Gasteiger partial charge is 0.497 e. The topological polar surface area (TPSA) is 97.0 Å². The van der Waals surface area contributed by atoms with E-state index in [0.29, 0.717) is 36.2 Å². The molecule has 1 saturated carbocycles. The van der Waals surface area contributed by atoms with E-state index in [2.05, 4.69) is 24.5 Å². The highest BCUT2D eigenvalue weighted by Gasteiger charge is 2.72. The first kappa shape index (κ1) is 27.5. The zero-order valence-electron chi connectivity index (χ0n) is 23.9. The Labute approximate surface area is 241 Å². The maximum Gasteiger partial charge on any atom is 0.246 e. The van der Waals surface area contributed by atoms with E-state index in [1.165, 1.54) is 0 Å². The van der Waals surface area contributed by atoms with Crippen molar-refractivity contribution in [2.45, 2.75) is 63.3 Å². The molecule has 216 valence electrons. The Morgan fingerprint density at radius 2 is 1.80 bits per heavy atom. The molecule has 3 heterocycles. The minimum Gasteiger partial charge on any atom is -0.497 e. The molecule has 0 aromatic heterocycles. The highest BCUT2D eigenvalue weighted by atomic mass is 16.5. The van der Waals surface area contributed by atoms with Gasteiger partial charge in [0.15, 0.2) is 0 Å². The van der Waals surface area contributed by atoms with Crippen LogP contribution in [0.3, 0.4) is 0 Å². The normalized spacial score (nSPS) is 33.5. The zero-order valence-corrected chi connectivity index (χ0v) is 23.9. The number of amides is 3. The van der Waals surface area contributed by atoms with Crippen LogP contribution in [0.15, 0.2) is 66.7 Å². The molecule has 1 spiro atoms. The van der Waals surface area contributed by atoms with Gasteiger partial charge in [0.2, 0.25) is 17.7 Å². The molecule has 8 nitrogen and oxygen atoms in total. The van der Waals surface area contributed by atoms with Gasteiger partial charge in [-0.1, -0.05) is 69.2 Å². The number of nitrogens with one attached hydrogen (secondary N) is 2. The predicted octanol–water partition coefficient (Wildman–Crippen LogP) is 3.97. The van der Waals surface area contributed by atoms with E-state index in [1.54, 1.807) is 36.3 Å². The lowest BCUT2D eigenvalue weighted by molar-refractivity contribution is -0.141. The molecular weight excluding hydrogens is 518 g/mol. The highest BCUT2D eigenvalue weighted by Crippen LogP contribution is 2.55. The average Bonchev–Trinajstić information content (AvgIpc) is 3.62. The van der Waals surface area contributed by atoms with Crippen LogP contribution in [0.4, 0.5) is 5.69 Å². The molecule has 2 bridgehead atoms. The molecule has 2 aromatic rings. The van der Waals surface area contributed by atoms with E-state index in [4.69, 9.17) is 9.47 Å². The van der Waals surface area contributed by atoms with Crippen molar-refractivity contribution in [3.05, 3.63) is 72.3 Å². The number of ether oxygens (including phenoxy) is 2. The van der Waals surface area contributed by atoms with Gasteiger partial charge in [-0.25, -0.2) is 0 Å². The lowest BCUT2D eigenvalue weighted by atomic mass is 9.73. The van der Waals surface area contributed by atoms with Crippen LogP contribution >= 0.6 is 0 Å². The molecule has 41 heavy (non-hydrogen) atoms. The van der Waals surface area contributed by atoms with E-state index in [-0.39, 0.29) is 23.8 Å². The Morgan fingerprint density at radius 3 is 2.54 bits per heavy atom. The number of methoxy groups -OCH3 is 1. The number of hydrogen-bond acceptors (Lipinski definition) is 5. The Morgan fingerprint density at radius 1 is 1.05 bits per heavy atom. The Balaban J connectivity index is 1.28. The fourth-order valence-electron chi connectivity index (χ4n) is 7.35. The van der Waals surface area contributed by atoms with Crippen LogP contribution in [0.2, 0.25) is 0 Å². The Bertz CT molecular complexity index is 1330. The molecule has 3 amide bonds. The molecule has 2 aromatic carbocycles. The van der Waals surface area contributed by atoms with Gasteiger partial charge < -0.3 is 25.0 Å². The standard InChI is InChI=1S/C33H39N3O5/c1-20-8-7-11-25(21(20)2)35-31(38)29-33-18-16-26(41-33)27(30(37)34-23-12-14-24(40-3)15-13-23)28(33)32(39)36(29)19-17-22-9-5-4-6-10-22/h4-6,9-10,12-16,18,20-21,25-29H,7-8,11,17,19H2,1-3H3,(H,34,37)(H,35,38). The number of carbonyl (C=O) groups excluding carboxylic acids is 3. The summed E-state index contributed by atoms with van der Waals surface area (Å²) in [5.41, 5.74) is 0.518. The summed E-state index contributed by atoms with van der Waals surface area (Å²) in [7, 11) is 1.59. The van der Waals surface area contributed by atoms with Crippen LogP contribution in [0, 0.1) is 23.7 Å². The molecular formula is C33H39N3O5. The fraction of sp³-hybridized carbons (Fsp3) is 0.485. The number of benzene rings is 2. The smallest absolute Gasteiger partial charge is 0.246 e. The molecule has 1 aliphatic carbocycles. The molecule has 2 N–H and O–H groups in total. The second-order valence-electron chi connectivity index (χ2n) is 12.1. The summed E-state index contributed by atoms with van der Waals surface area (Å²) >= 11 is 0. The summed E-state index contributed by atoms with van der Waals surface area (Å²) in [5, 5.41) is 6.28. The molecule has 3 aliphatic heterocycles. The molecule has 2 saturated heterocycles. The maximum atomic E-state index is 14.2. The Kier molecular flexibility index (Phi) is 7.36. The van der Waals surface area contributed by atoms with Gasteiger partial charge >= 0.3 is 0 Å². The second-order valence-corrected chi connectivity index (χ2v) is 12.1. The van der Waals surface area contributed by atoms with Crippen molar-refractivity contribution < 1.29 is 23.9 Å². The van der Waals surface area contributed by atoms with Gasteiger partial charge in [0, 0.05) is 18.3 Å². The highest BCUT2D eigenvalue weighted by molar-refractivity contribution is 6.02. The Hall–Kier alpha value is -3.65. The van der Waals surface area contributed by atoms with Crippen molar-refractivity contribution in [3.8, 4) is 5.75 Å². The van der Waals surface area contributed by atoms with Crippen LogP contribution in [-0.4, -0.2) is 60.1 Å². The third kappa shape index (κ3) is 4.82. The van der Waals surface area contributed by atoms with Crippen molar-refractivity contribution >= 4 is 23.4 Å². The van der Waals surface area contributed by atoms with Gasteiger partial charge in [0.1, 0.15) is 17.4 Å². The molecule has 8 heteroatoms. The van der Waals surface area contributed by atoms with Crippen LogP contribution in [0.5, 0.6) is 5.75 Å². The third-order valence-electron chi connectivity index (χ3n) is 9.80. The zero-order chi connectivity index (χ0) is 28.7. The summed E-state index contributed by atoms with van der Waals surface area (Å²) in [5.74, 6) is -0.647. The SMILES string of the molecule is COc1ccc(NC(=O)C2C3C=CC4(O3)C2C(=O)N(CCc2ccccc2)C4C(=O)NC2CCCC(C)C2C)cc1. The van der Waals surface area contributed by atoms with Gasteiger partial charge in [-0.05, 0) is 54.5 Å². The van der Waals surface area contributed by atoms with Crippen LogP contribution < -0.4 is 15.4 Å². The molecule has 3 fully saturated rings. The minimum absolute atomic E-state index is 0.0459.